The number of aromatic nitrogens is 4. The average molecular weight is 433 g/mol. The summed E-state index contributed by atoms with van der Waals surface area (Å²) in [6.07, 6.45) is 0. The summed E-state index contributed by atoms with van der Waals surface area (Å²) >= 11 is 3.33. The zero-order valence-corrected chi connectivity index (χ0v) is 16.2. The van der Waals surface area contributed by atoms with Crippen LogP contribution < -0.4 is 5.56 Å². The highest BCUT2D eigenvalue weighted by atomic mass is 79.9. The van der Waals surface area contributed by atoms with E-state index in [4.69, 9.17) is 0 Å². The molecule has 2 aromatic heterocycles. The number of nitrogens with zero attached hydrogens (tertiary/aromatic N) is 3. The lowest BCUT2D eigenvalue weighted by Crippen LogP contribution is -2.12. The fourth-order valence-electron chi connectivity index (χ4n) is 3.09. The van der Waals surface area contributed by atoms with Crippen molar-refractivity contribution in [1.29, 1.82) is 0 Å². The van der Waals surface area contributed by atoms with Gasteiger partial charge in [-0.15, -0.1) is 5.10 Å². The van der Waals surface area contributed by atoms with E-state index in [1.807, 2.05) is 6.92 Å². The number of nitrogens with one attached hydrogen (secondary N) is 1. The Balaban J connectivity index is 2.08. The number of fused-ring (bicyclic) bond motifs is 3. The summed E-state index contributed by atoms with van der Waals surface area (Å²) in [6.45, 7) is 3.60. The number of rotatable bonds is 2. The van der Waals surface area contributed by atoms with E-state index < -0.39 is 15.4 Å². The molecule has 26 heavy (non-hydrogen) atoms. The van der Waals surface area contributed by atoms with Crippen molar-refractivity contribution in [2.24, 2.45) is 0 Å². The number of aromatic amines is 1. The van der Waals surface area contributed by atoms with Crippen molar-refractivity contribution in [3.8, 4) is 0 Å². The topological polar surface area (TPSA) is 97.2 Å². The van der Waals surface area contributed by atoms with Gasteiger partial charge in [-0.1, -0.05) is 23.4 Å². The van der Waals surface area contributed by atoms with Gasteiger partial charge in [-0.25, -0.2) is 8.42 Å². The van der Waals surface area contributed by atoms with E-state index in [1.54, 1.807) is 43.3 Å². The molecule has 0 aliphatic heterocycles. The Morgan fingerprint density at radius 3 is 2.62 bits per heavy atom. The predicted molar refractivity (Wildman–Crippen MR) is 100 cm³/mol. The van der Waals surface area contributed by atoms with Crippen molar-refractivity contribution >= 4 is 42.3 Å². The van der Waals surface area contributed by atoms with E-state index in [0.29, 0.717) is 20.9 Å². The van der Waals surface area contributed by atoms with Crippen molar-refractivity contribution < 1.29 is 8.42 Å². The largest absolute Gasteiger partial charge is 0.304 e. The SMILES string of the molecule is Cc1cc(C)c(S(=O)(=O)c2nnn3c2[nH]c(=O)c2ccccc23)c(Br)c1. The highest BCUT2D eigenvalue weighted by Gasteiger charge is 2.29. The van der Waals surface area contributed by atoms with Gasteiger partial charge in [-0.05, 0) is 59.1 Å². The van der Waals surface area contributed by atoms with E-state index in [-0.39, 0.29) is 15.6 Å². The van der Waals surface area contributed by atoms with Crippen LogP contribution in [-0.2, 0) is 9.84 Å². The number of benzene rings is 2. The predicted octanol–water partition coefficient (Wildman–Crippen LogP) is 2.78. The summed E-state index contributed by atoms with van der Waals surface area (Å²) in [5.74, 6) is 0. The van der Waals surface area contributed by atoms with Crippen LogP contribution in [0.2, 0.25) is 0 Å². The number of hydrogen-bond donors (Lipinski definition) is 1. The zero-order chi connectivity index (χ0) is 18.6. The van der Waals surface area contributed by atoms with Crippen LogP contribution in [0.4, 0.5) is 0 Å². The molecule has 0 fully saturated rings. The van der Waals surface area contributed by atoms with Gasteiger partial charge in [0.05, 0.1) is 15.8 Å². The summed E-state index contributed by atoms with van der Waals surface area (Å²) in [5.41, 5.74) is 1.65. The first-order valence-corrected chi connectivity index (χ1v) is 9.96. The van der Waals surface area contributed by atoms with Gasteiger partial charge in [-0.3, -0.25) is 4.79 Å². The molecule has 0 saturated heterocycles. The normalized spacial score (nSPS) is 12.1. The molecule has 0 aliphatic carbocycles. The van der Waals surface area contributed by atoms with E-state index in [0.717, 1.165) is 5.56 Å². The maximum absolute atomic E-state index is 13.2. The van der Waals surface area contributed by atoms with Gasteiger partial charge in [0.15, 0.2) is 5.65 Å². The molecule has 0 aliphatic rings. The van der Waals surface area contributed by atoms with Gasteiger partial charge in [0, 0.05) is 4.47 Å². The summed E-state index contributed by atoms with van der Waals surface area (Å²) in [7, 11) is -4.00. The molecular formula is C17H13BrN4O3S. The van der Waals surface area contributed by atoms with Crippen LogP contribution in [0, 0.1) is 13.8 Å². The van der Waals surface area contributed by atoms with Crippen LogP contribution in [0.1, 0.15) is 11.1 Å². The van der Waals surface area contributed by atoms with Crippen LogP contribution in [0.15, 0.2) is 55.6 Å². The maximum atomic E-state index is 13.2. The molecule has 9 heteroatoms. The third kappa shape index (κ3) is 2.38. The van der Waals surface area contributed by atoms with Gasteiger partial charge in [0.1, 0.15) is 0 Å². The molecule has 1 N–H and O–H groups in total. The second kappa shape index (κ2) is 5.75. The second-order valence-corrected chi connectivity index (χ2v) is 8.68. The molecule has 132 valence electrons. The van der Waals surface area contributed by atoms with Gasteiger partial charge >= 0.3 is 0 Å². The lowest BCUT2D eigenvalue weighted by molar-refractivity contribution is 0.591. The number of hydrogen-bond acceptors (Lipinski definition) is 5. The fourth-order valence-corrected chi connectivity index (χ4v) is 5.93. The smallest absolute Gasteiger partial charge is 0.259 e. The Hall–Kier alpha value is -2.52. The van der Waals surface area contributed by atoms with Crippen molar-refractivity contribution in [3.63, 3.8) is 0 Å². The third-order valence-electron chi connectivity index (χ3n) is 4.15. The minimum atomic E-state index is -4.00. The van der Waals surface area contributed by atoms with Gasteiger partial charge < -0.3 is 4.98 Å². The number of sulfone groups is 1. The Labute approximate surface area is 156 Å². The quantitative estimate of drug-likeness (QED) is 0.525. The zero-order valence-electron chi connectivity index (χ0n) is 13.8. The van der Waals surface area contributed by atoms with Crippen molar-refractivity contribution in [3.05, 3.63) is 62.4 Å². The lowest BCUT2D eigenvalue weighted by atomic mass is 10.2. The van der Waals surface area contributed by atoms with Crippen molar-refractivity contribution in [2.45, 2.75) is 23.8 Å². The molecule has 2 aromatic carbocycles. The maximum Gasteiger partial charge on any atom is 0.259 e. The first kappa shape index (κ1) is 16.9. The summed E-state index contributed by atoms with van der Waals surface area (Å²) in [6, 6.07) is 10.3. The van der Waals surface area contributed by atoms with Crippen molar-refractivity contribution in [1.82, 2.24) is 19.8 Å². The van der Waals surface area contributed by atoms with Gasteiger partial charge in [-0.2, -0.15) is 4.52 Å². The van der Waals surface area contributed by atoms with Crippen LogP contribution in [0.3, 0.4) is 0 Å². The summed E-state index contributed by atoms with van der Waals surface area (Å²) < 4.78 is 28.3. The molecule has 0 atom stereocenters. The Morgan fingerprint density at radius 2 is 1.88 bits per heavy atom. The highest BCUT2D eigenvalue weighted by Crippen LogP contribution is 2.32. The molecule has 7 nitrogen and oxygen atoms in total. The van der Waals surface area contributed by atoms with Crippen LogP contribution in [0.25, 0.3) is 16.6 Å². The first-order chi connectivity index (χ1) is 12.3. The average Bonchev–Trinajstić information content (AvgIpc) is 2.98. The summed E-state index contributed by atoms with van der Waals surface area (Å²) in [5, 5.41) is 7.95. The van der Waals surface area contributed by atoms with Crippen molar-refractivity contribution in [2.75, 3.05) is 0 Å². The molecule has 0 unspecified atom stereocenters. The second-order valence-electron chi connectivity index (χ2n) is 6.02. The van der Waals surface area contributed by atoms with Crippen LogP contribution in [0.5, 0.6) is 0 Å². The molecule has 4 aromatic rings. The molecule has 0 spiro atoms. The van der Waals surface area contributed by atoms with E-state index in [9.17, 15) is 13.2 Å². The number of halogens is 1. The minimum absolute atomic E-state index is 0.0422. The Bertz CT molecular complexity index is 1330. The van der Waals surface area contributed by atoms with Crippen LogP contribution in [-0.4, -0.2) is 28.2 Å². The van der Waals surface area contributed by atoms with Gasteiger partial charge in [0.2, 0.25) is 14.9 Å². The third-order valence-corrected chi connectivity index (χ3v) is 6.90. The standard InChI is InChI=1S/C17H13BrN4O3S/c1-9-7-10(2)14(12(18)8-9)26(24,25)17-15-19-16(23)11-5-3-4-6-13(11)22(15)21-20-17/h3-8H,1-2H3,(H,19,23). The number of para-hydroxylation sites is 1. The monoisotopic (exact) mass is 432 g/mol. The fraction of sp³-hybridized carbons (Fsp3) is 0.118. The molecule has 2 heterocycles. The number of aryl methyl sites for hydroxylation is 2. The van der Waals surface area contributed by atoms with E-state index in [2.05, 4.69) is 31.2 Å². The van der Waals surface area contributed by atoms with Crippen LogP contribution >= 0.6 is 15.9 Å². The lowest BCUT2D eigenvalue weighted by Gasteiger charge is -2.09. The molecule has 0 saturated carbocycles. The highest BCUT2D eigenvalue weighted by molar-refractivity contribution is 9.10. The summed E-state index contributed by atoms with van der Waals surface area (Å²) in [4.78, 5) is 15.1. The number of H-pyrrole nitrogens is 1. The molecular weight excluding hydrogens is 420 g/mol. The molecule has 4 rings (SSSR count). The minimum Gasteiger partial charge on any atom is -0.304 e. The van der Waals surface area contributed by atoms with E-state index >= 15 is 0 Å². The molecule has 0 radical (unpaired) electrons. The Kier molecular flexibility index (Phi) is 3.74. The molecule has 0 bridgehead atoms. The molecule has 0 amide bonds. The Morgan fingerprint density at radius 1 is 1.15 bits per heavy atom. The van der Waals surface area contributed by atoms with E-state index in [1.165, 1.54) is 4.52 Å². The first-order valence-electron chi connectivity index (χ1n) is 7.69. The van der Waals surface area contributed by atoms with Gasteiger partial charge in [0.25, 0.3) is 5.56 Å².